The topological polar surface area (TPSA) is 72.6 Å². The van der Waals surface area contributed by atoms with Crippen LogP contribution >= 0.6 is 0 Å². The minimum absolute atomic E-state index is 0.0200. The zero-order chi connectivity index (χ0) is 9.56. The van der Waals surface area contributed by atoms with Crippen molar-refractivity contribution in [2.75, 3.05) is 13.2 Å². The summed E-state index contributed by atoms with van der Waals surface area (Å²) in [5, 5.41) is 8.42. The lowest BCUT2D eigenvalue weighted by Gasteiger charge is -2.07. The van der Waals surface area contributed by atoms with Crippen molar-refractivity contribution in [2.45, 2.75) is 20.0 Å². The van der Waals surface area contributed by atoms with Crippen LogP contribution in [0.25, 0.3) is 0 Å². The maximum atomic E-state index is 10.6. The van der Waals surface area contributed by atoms with Gasteiger partial charge in [-0.1, -0.05) is 0 Å². The zero-order valence-corrected chi connectivity index (χ0v) is 7.41. The lowest BCUT2D eigenvalue weighted by Crippen LogP contribution is -2.15. The normalized spacial score (nSPS) is 14.4. The Kier molecular flexibility index (Phi) is 5.32. The maximum Gasteiger partial charge on any atom is 0.244 e. The van der Waals surface area contributed by atoms with Crippen LogP contribution in [-0.4, -0.2) is 30.3 Å². The van der Waals surface area contributed by atoms with Gasteiger partial charge in [-0.3, -0.25) is 4.79 Å². The Morgan fingerprint density at radius 2 is 2.33 bits per heavy atom. The van der Waals surface area contributed by atoms with Gasteiger partial charge in [-0.05, 0) is 19.9 Å². The second kappa shape index (κ2) is 5.74. The molecule has 0 saturated carbocycles. The number of carbonyl (C=O) groups excluding carboxylic acids is 1. The molecule has 1 atom stereocenters. The summed E-state index contributed by atoms with van der Waals surface area (Å²) in [6.07, 6.45) is 1.43. The monoisotopic (exact) mass is 173 g/mol. The minimum Gasteiger partial charge on any atom is -0.394 e. The Balaban J connectivity index is 3.87. The molecule has 1 unspecified atom stereocenters. The first-order chi connectivity index (χ1) is 5.57. The molecule has 0 aromatic carbocycles. The van der Waals surface area contributed by atoms with Crippen LogP contribution in [0, 0.1) is 0 Å². The molecule has 0 rings (SSSR count). The molecule has 0 aliphatic rings. The van der Waals surface area contributed by atoms with Crippen LogP contribution in [-0.2, 0) is 9.53 Å². The number of aliphatic hydroxyl groups is 1. The second-order valence-electron chi connectivity index (χ2n) is 2.51. The SMILES string of the molecule is C/C(=C/C(C)OCCO)C(N)=O. The molecule has 0 aliphatic carbocycles. The highest BCUT2D eigenvalue weighted by molar-refractivity contribution is 5.91. The summed E-state index contributed by atoms with van der Waals surface area (Å²) >= 11 is 0. The van der Waals surface area contributed by atoms with Crippen molar-refractivity contribution in [1.82, 2.24) is 0 Å². The lowest BCUT2D eigenvalue weighted by molar-refractivity contribution is -0.114. The fourth-order valence-electron chi connectivity index (χ4n) is 0.721. The number of ether oxygens (including phenoxy) is 1. The highest BCUT2D eigenvalue weighted by Crippen LogP contribution is 1.98. The summed E-state index contributed by atoms with van der Waals surface area (Å²) in [5.74, 6) is -0.450. The third-order valence-electron chi connectivity index (χ3n) is 1.35. The van der Waals surface area contributed by atoms with E-state index in [1.165, 1.54) is 0 Å². The predicted octanol–water partition coefficient (Wildman–Crippen LogP) is -0.185. The quantitative estimate of drug-likeness (QED) is 0.566. The van der Waals surface area contributed by atoms with E-state index in [1.54, 1.807) is 19.9 Å². The lowest BCUT2D eigenvalue weighted by atomic mass is 10.2. The van der Waals surface area contributed by atoms with Gasteiger partial charge in [0, 0.05) is 5.57 Å². The Morgan fingerprint density at radius 3 is 2.75 bits per heavy atom. The largest absolute Gasteiger partial charge is 0.394 e. The first-order valence-corrected chi connectivity index (χ1v) is 3.78. The van der Waals surface area contributed by atoms with Crippen molar-refractivity contribution >= 4 is 5.91 Å². The summed E-state index contributed by atoms with van der Waals surface area (Å²) in [7, 11) is 0. The maximum absolute atomic E-state index is 10.6. The number of aliphatic hydroxyl groups excluding tert-OH is 1. The van der Waals surface area contributed by atoms with Crippen molar-refractivity contribution in [2.24, 2.45) is 5.73 Å². The summed E-state index contributed by atoms with van der Waals surface area (Å²) in [4.78, 5) is 10.6. The number of nitrogens with two attached hydrogens (primary N) is 1. The van der Waals surface area contributed by atoms with Crippen LogP contribution in [0.1, 0.15) is 13.8 Å². The van der Waals surface area contributed by atoms with E-state index >= 15 is 0 Å². The van der Waals surface area contributed by atoms with Gasteiger partial charge >= 0.3 is 0 Å². The third-order valence-corrected chi connectivity index (χ3v) is 1.35. The van der Waals surface area contributed by atoms with Crippen molar-refractivity contribution in [3.63, 3.8) is 0 Å². The van der Waals surface area contributed by atoms with Gasteiger partial charge in [-0.15, -0.1) is 0 Å². The van der Waals surface area contributed by atoms with E-state index in [4.69, 9.17) is 15.6 Å². The molecular formula is C8H15NO3. The highest BCUT2D eigenvalue weighted by Gasteiger charge is 2.01. The molecule has 70 valence electrons. The standard InChI is InChI=1S/C8H15NO3/c1-6(8(9)11)5-7(2)12-4-3-10/h5,7,10H,3-4H2,1-2H3,(H2,9,11)/b6-5-. The first-order valence-electron chi connectivity index (χ1n) is 3.78. The molecule has 0 bridgehead atoms. The number of amides is 1. The third kappa shape index (κ3) is 4.87. The van der Waals surface area contributed by atoms with E-state index in [9.17, 15) is 4.79 Å². The van der Waals surface area contributed by atoms with Crippen LogP contribution in [0.3, 0.4) is 0 Å². The van der Waals surface area contributed by atoms with Gasteiger partial charge in [0.05, 0.1) is 19.3 Å². The fourth-order valence-corrected chi connectivity index (χ4v) is 0.721. The Labute approximate surface area is 72.0 Å². The molecule has 0 spiro atoms. The first kappa shape index (κ1) is 11.1. The van der Waals surface area contributed by atoms with Gasteiger partial charge in [-0.25, -0.2) is 0 Å². The van der Waals surface area contributed by atoms with Gasteiger partial charge < -0.3 is 15.6 Å². The van der Waals surface area contributed by atoms with Crippen LogP contribution in [0.2, 0.25) is 0 Å². The molecule has 0 radical (unpaired) electrons. The number of rotatable bonds is 5. The molecule has 0 aliphatic heterocycles. The second-order valence-corrected chi connectivity index (χ2v) is 2.51. The van der Waals surface area contributed by atoms with E-state index in [1.807, 2.05) is 0 Å². The average Bonchev–Trinajstić information content (AvgIpc) is 2.00. The summed E-state index contributed by atoms with van der Waals surface area (Å²) < 4.78 is 5.08. The van der Waals surface area contributed by atoms with E-state index < -0.39 is 5.91 Å². The van der Waals surface area contributed by atoms with E-state index in [0.29, 0.717) is 5.57 Å². The van der Waals surface area contributed by atoms with Crippen LogP contribution in [0.5, 0.6) is 0 Å². The van der Waals surface area contributed by atoms with Gasteiger partial charge in [0.15, 0.2) is 0 Å². The molecule has 4 nitrogen and oxygen atoms in total. The van der Waals surface area contributed by atoms with Crippen molar-refractivity contribution in [1.29, 1.82) is 0 Å². The number of hydrogen-bond acceptors (Lipinski definition) is 3. The molecule has 0 aromatic heterocycles. The molecule has 1 amide bonds. The molecule has 12 heavy (non-hydrogen) atoms. The van der Waals surface area contributed by atoms with Gasteiger partial charge in [-0.2, -0.15) is 0 Å². The number of primary amides is 1. The molecule has 0 aromatic rings. The van der Waals surface area contributed by atoms with Crippen LogP contribution < -0.4 is 5.73 Å². The Morgan fingerprint density at radius 1 is 1.75 bits per heavy atom. The highest BCUT2D eigenvalue weighted by atomic mass is 16.5. The predicted molar refractivity (Wildman–Crippen MR) is 45.5 cm³/mol. The summed E-state index contributed by atoms with van der Waals surface area (Å²) in [6, 6.07) is 0. The average molecular weight is 173 g/mol. The van der Waals surface area contributed by atoms with Crippen LogP contribution in [0.4, 0.5) is 0 Å². The van der Waals surface area contributed by atoms with Crippen molar-refractivity contribution < 1.29 is 14.6 Å². The fraction of sp³-hybridized carbons (Fsp3) is 0.625. The summed E-state index contributed by atoms with van der Waals surface area (Å²) in [5.41, 5.74) is 5.47. The van der Waals surface area contributed by atoms with Gasteiger partial charge in [0.2, 0.25) is 5.91 Å². The molecular weight excluding hydrogens is 158 g/mol. The number of carbonyl (C=O) groups is 1. The zero-order valence-electron chi connectivity index (χ0n) is 7.41. The number of hydrogen-bond donors (Lipinski definition) is 2. The van der Waals surface area contributed by atoms with E-state index in [-0.39, 0.29) is 19.3 Å². The Bertz CT molecular complexity index is 177. The minimum atomic E-state index is -0.450. The Hall–Kier alpha value is -0.870. The van der Waals surface area contributed by atoms with Crippen molar-refractivity contribution in [3.8, 4) is 0 Å². The summed E-state index contributed by atoms with van der Waals surface area (Å²) in [6.45, 7) is 3.65. The van der Waals surface area contributed by atoms with E-state index in [2.05, 4.69) is 0 Å². The van der Waals surface area contributed by atoms with Gasteiger partial charge in [0.25, 0.3) is 0 Å². The van der Waals surface area contributed by atoms with Crippen molar-refractivity contribution in [3.05, 3.63) is 11.6 Å². The van der Waals surface area contributed by atoms with E-state index in [0.717, 1.165) is 0 Å². The smallest absolute Gasteiger partial charge is 0.244 e. The molecule has 4 heteroatoms. The molecule has 0 fully saturated rings. The van der Waals surface area contributed by atoms with Crippen LogP contribution in [0.15, 0.2) is 11.6 Å². The van der Waals surface area contributed by atoms with Gasteiger partial charge in [0.1, 0.15) is 0 Å². The molecule has 0 heterocycles. The molecule has 0 saturated heterocycles. The molecule has 3 N–H and O–H groups in total.